The average Bonchev–Trinajstić information content (AvgIpc) is 3.14. The molecule has 0 radical (unpaired) electrons. The Morgan fingerprint density at radius 1 is 1.28 bits per heavy atom. The van der Waals surface area contributed by atoms with Gasteiger partial charge in [0.2, 0.25) is 11.8 Å². The molecule has 1 aromatic carbocycles. The number of rotatable bonds is 5. The summed E-state index contributed by atoms with van der Waals surface area (Å²) in [6.45, 7) is -0.200. The summed E-state index contributed by atoms with van der Waals surface area (Å²) in [5.41, 5.74) is 0.261. The van der Waals surface area contributed by atoms with Crippen molar-refractivity contribution >= 4 is 23.2 Å². The van der Waals surface area contributed by atoms with E-state index in [9.17, 15) is 14.7 Å². The number of ether oxygens (including phenoxy) is 1. The number of anilines is 1. The minimum atomic E-state index is -0.831. The SMILES string of the molecule is CN1C(=O)COc2ncn(Cc3nc(C[C@H](O)c4ccc(Cl)cc4)no3)c(=O)c21. The van der Waals surface area contributed by atoms with Gasteiger partial charge in [0.05, 0.1) is 6.10 Å². The zero-order valence-corrected chi connectivity index (χ0v) is 16.0. The number of nitrogens with zero attached hydrogens (tertiary/aromatic N) is 5. The molecular formula is C18H16ClN5O5. The number of carbonyl (C=O) groups is 1. The van der Waals surface area contributed by atoms with Crippen LogP contribution in [-0.4, -0.2) is 44.4 Å². The van der Waals surface area contributed by atoms with Gasteiger partial charge in [0.1, 0.15) is 12.9 Å². The third kappa shape index (κ3) is 3.84. The molecule has 1 aliphatic rings. The van der Waals surface area contributed by atoms with E-state index in [0.717, 1.165) is 0 Å². The van der Waals surface area contributed by atoms with Gasteiger partial charge in [-0.1, -0.05) is 28.9 Å². The highest BCUT2D eigenvalue weighted by Gasteiger charge is 2.27. The number of benzene rings is 1. The van der Waals surface area contributed by atoms with Gasteiger partial charge in [-0.15, -0.1) is 0 Å². The van der Waals surface area contributed by atoms with Crippen LogP contribution in [0.3, 0.4) is 0 Å². The number of likely N-dealkylation sites (N-methyl/N-ethyl adjacent to an activating group) is 1. The summed E-state index contributed by atoms with van der Waals surface area (Å²) in [5.74, 6) is 0.214. The van der Waals surface area contributed by atoms with Crippen LogP contribution in [0.4, 0.5) is 5.69 Å². The van der Waals surface area contributed by atoms with Crippen molar-refractivity contribution in [3.8, 4) is 5.88 Å². The molecule has 10 nitrogen and oxygen atoms in total. The van der Waals surface area contributed by atoms with Crippen molar-refractivity contribution in [3.05, 3.63) is 63.2 Å². The second-order valence-electron chi connectivity index (χ2n) is 6.45. The Kier molecular flexibility index (Phi) is 5.03. The smallest absolute Gasteiger partial charge is 0.281 e. The van der Waals surface area contributed by atoms with E-state index < -0.39 is 11.7 Å². The summed E-state index contributed by atoms with van der Waals surface area (Å²) in [5, 5.41) is 14.7. The number of aromatic nitrogens is 4. The van der Waals surface area contributed by atoms with E-state index in [0.29, 0.717) is 10.6 Å². The first-order valence-electron chi connectivity index (χ1n) is 8.66. The predicted octanol–water partition coefficient (Wildman–Crippen LogP) is 0.959. The van der Waals surface area contributed by atoms with E-state index >= 15 is 0 Å². The number of halogens is 1. The van der Waals surface area contributed by atoms with Crippen molar-refractivity contribution in [1.82, 2.24) is 19.7 Å². The molecule has 4 rings (SSSR count). The largest absolute Gasteiger partial charge is 0.466 e. The standard InChI is InChI=1S/C18H16ClN5O5/c1-23-15(26)8-28-17-16(23)18(27)24(9-20-17)7-14-21-13(22-29-14)6-12(25)10-2-4-11(19)5-3-10/h2-5,9,12,25H,6-8H2,1H3/t12-/m0/s1. The Morgan fingerprint density at radius 2 is 2.03 bits per heavy atom. The lowest BCUT2D eigenvalue weighted by Crippen LogP contribution is -2.41. The number of hydrogen-bond acceptors (Lipinski definition) is 8. The second kappa shape index (κ2) is 7.64. The highest BCUT2D eigenvalue weighted by molar-refractivity contribution is 6.30. The lowest BCUT2D eigenvalue weighted by Gasteiger charge is -2.24. The second-order valence-corrected chi connectivity index (χ2v) is 6.89. The van der Waals surface area contributed by atoms with Gasteiger partial charge in [-0.25, -0.2) is 4.98 Å². The number of carbonyl (C=O) groups excluding carboxylic acids is 1. The van der Waals surface area contributed by atoms with Crippen molar-refractivity contribution in [2.45, 2.75) is 19.1 Å². The Balaban J connectivity index is 1.50. The maximum atomic E-state index is 12.7. The molecule has 0 aliphatic carbocycles. The minimum absolute atomic E-state index is 0.0365. The summed E-state index contributed by atoms with van der Waals surface area (Å²) >= 11 is 5.85. The minimum Gasteiger partial charge on any atom is -0.466 e. The third-order valence-corrected chi connectivity index (χ3v) is 4.72. The molecule has 1 aliphatic heterocycles. The number of amides is 1. The van der Waals surface area contributed by atoms with E-state index in [1.807, 2.05) is 0 Å². The molecule has 0 spiro atoms. The first-order valence-corrected chi connectivity index (χ1v) is 9.04. The van der Waals surface area contributed by atoms with E-state index in [-0.39, 0.29) is 48.8 Å². The molecule has 1 N–H and O–H groups in total. The van der Waals surface area contributed by atoms with Crippen LogP contribution in [0, 0.1) is 0 Å². The maximum Gasteiger partial charge on any atom is 0.281 e. The molecule has 0 saturated heterocycles. The maximum absolute atomic E-state index is 12.7. The summed E-state index contributed by atoms with van der Waals surface area (Å²) in [6.07, 6.45) is 0.591. The van der Waals surface area contributed by atoms with Crippen LogP contribution < -0.4 is 15.2 Å². The predicted molar refractivity (Wildman–Crippen MR) is 101 cm³/mol. The van der Waals surface area contributed by atoms with Crippen LogP contribution in [0.2, 0.25) is 5.02 Å². The fourth-order valence-corrected chi connectivity index (χ4v) is 3.00. The quantitative estimate of drug-likeness (QED) is 0.651. The van der Waals surface area contributed by atoms with E-state index in [4.69, 9.17) is 20.9 Å². The lowest BCUT2D eigenvalue weighted by atomic mass is 10.1. The molecule has 3 aromatic rings. The van der Waals surface area contributed by atoms with Gasteiger partial charge in [0, 0.05) is 18.5 Å². The van der Waals surface area contributed by atoms with Gasteiger partial charge < -0.3 is 19.3 Å². The topological polar surface area (TPSA) is 124 Å². The van der Waals surface area contributed by atoms with Crippen molar-refractivity contribution in [2.75, 3.05) is 18.6 Å². The molecule has 0 unspecified atom stereocenters. The van der Waals surface area contributed by atoms with E-state index in [1.165, 1.54) is 22.8 Å². The van der Waals surface area contributed by atoms with Gasteiger partial charge in [-0.2, -0.15) is 4.98 Å². The fourth-order valence-electron chi connectivity index (χ4n) is 2.88. The van der Waals surface area contributed by atoms with Crippen LogP contribution in [0.1, 0.15) is 23.4 Å². The normalized spacial score (nSPS) is 14.4. The van der Waals surface area contributed by atoms with Crippen molar-refractivity contribution in [2.24, 2.45) is 0 Å². The zero-order valence-electron chi connectivity index (χ0n) is 15.3. The average molecular weight is 418 g/mol. The molecule has 0 fully saturated rings. The first kappa shape index (κ1) is 19.1. The van der Waals surface area contributed by atoms with Crippen molar-refractivity contribution < 1.29 is 19.2 Å². The molecule has 0 bridgehead atoms. The molecular weight excluding hydrogens is 402 g/mol. The Hall–Kier alpha value is -3.24. The highest BCUT2D eigenvalue weighted by atomic mass is 35.5. The monoisotopic (exact) mass is 417 g/mol. The molecule has 0 saturated carbocycles. The van der Waals surface area contributed by atoms with Gasteiger partial charge in [0.25, 0.3) is 11.5 Å². The molecule has 2 aromatic heterocycles. The Bertz CT molecular complexity index is 1110. The van der Waals surface area contributed by atoms with Crippen LogP contribution in [0.15, 0.2) is 39.9 Å². The Morgan fingerprint density at radius 3 is 2.79 bits per heavy atom. The third-order valence-electron chi connectivity index (χ3n) is 4.47. The lowest BCUT2D eigenvalue weighted by molar-refractivity contribution is -0.121. The van der Waals surface area contributed by atoms with Crippen molar-refractivity contribution in [3.63, 3.8) is 0 Å². The molecule has 1 amide bonds. The number of aliphatic hydroxyl groups excluding tert-OH is 1. The number of aliphatic hydroxyl groups is 1. The van der Waals surface area contributed by atoms with Gasteiger partial charge in [0.15, 0.2) is 18.1 Å². The molecule has 3 heterocycles. The van der Waals surface area contributed by atoms with Crippen molar-refractivity contribution in [1.29, 1.82) is 0 Å². The summed E-state index contributed by atoms with van der Waals surface area (Å²) < 4.78 is 11.6. The van der Waals surface area contributed by atoms with Crippen LogP contribution >= 0.6 is 11.6 Å². The summed E-state index contributed by atoms with van der Waals surface area (Å²) in [4.78, 5) is 33.9. The molecule has 29 heavy (non-hydrogen) atoms. The highest BCUT2D eigenvalue weighted by Crippen LogP contribution is 2.24. The van der Waals surface area contributed by atoms with E-state index in [1.54, 1.807) is 24.3 Å². The fraction of sp³-hybridized carbons (Fsp3) is 0.278. The molecule has 1 atom stereocenters. The van der Waals surface area contributed by atoms with Crippen LogP contribution in [0.25, 0.3) is 0 Å². The summed E-state index contributed by atoms with van der Waals surface area (Å²) in [6, 6.07) is 6.80. The molecule has 150 valence electrons. The van der Waals surface area contributed by atoms with Crippen LogP contribution in [0.5, 0.6) is 5.88 Å². The van der Waals surface area contributed by atoms with Gasteiger partial charge in [-0.05, 0) is 17.7 Å². The van der Waals surface area contributed by atoms with Gasteiger partial charge in [-0.3, -0.25) is 14.2 Å². The van der Waals surface area contributed by atoms with Crippen LogP contribution in [-0.2, 0) is 17.8 Å². The molecule has 11 heteroatoms. The number of fused-ring (bicyclic) bond motifs is 1. The van der Waals surface area contributed by atoms with E-state index in [2.05, 4.69) is 15.1 Å². The summed E-state index contributed by atoms with van der Waals surface area (Å²) in [7, 11) is 1.49. The van der Waals surface area contributed by atoms with Gasteiger partial charge >= 0.3 is 0 Å². The Labute approximate surface area is 169 Å². The zero-order chi connectivity index (χ0) is 20.5. The first-order chi connectivity index (χ1) is 13.9. The number of hydrogen-bond donors (Lipinski definition) is 1.